The predicted molar refractivity (Wildman–Crippen MR) is 119 cm³/mol. The lowest BCUT2D eigenvalue weighted by atomic mass is 10.1. The van der Waals surface area contributed by atoms with E-state index >= 15 is 0 Å². The Morgan fingerprint density at radius 2 is 1.81 bits per heavy atom. The van der Waals surface area contributed by atoms with Crippen LogP contribution in [0.3, 0.4) is 0 Å². The van der Waals surface area contributed by atoms with Crippen LogP contribution in [0.15, 0.2) is 73.1 Å². The average molecular weight is 411 g/mol. The Labute approximate surface area is 180 Å². The summed E-state index contributed by atoms with van der Waals surface area (Å²) in [7, 11) is 0. The Bertz CT molecular complexity index is 1210. The maximum Gasteiger partial charge on any atom is 0.159 e. The lowest BCUT2D eigenvalue weighted by Gasteiger charge is -2.28. The zero-order chi connectivity index (χ0) is 21.2. The van der Waals surface area contributed by atoms with Gasteiger partial charge in [-0.15, -0.1) is 0 Å². The van der Waals surface area contributed by atoms with Gasteiger partial charge in [0.05, 0.1) is 11.4 Å². The molecule has 0 aliphatic carbocycles. The molecule has 31 heavy (non-hydrogen) atoms. The fourth-order valence-electron chi connectivity index (χ4n) is 3.88. The van der Waals surface area contributed by atoms with Gasteiger partial charge in [0.2, 0.25) is 0 Å². The highest BCUT2D eigenvalue weighted by Crippen LogP contribution is 2.23. The Kier molecular flexibility index (Phi) is 5.14. The van der Waals surface area contributed by atoms with Crippen molar-refractivity contribution in [3.8, 4) is 22.6 Å². The number of hydrogen-bond donors (Lipinski definition) is 1. The predicted octanol–water partition coefficient (Wildman–Crippen LogP) is 4.49. The second kappa shape index (κ2) is 8.24. The number of fused-ring (bicyclic) bond motifs is 1. The van der Waals surface area contributed by atoms with Gasteiger partial charge in [-0.25, -0.2) is 14.4 Å². The van der Waals surface area contributed by atoms with E-state index in [0.717, 1.165) is 71.2 Å². The van der Waals surface area contributed by atoms with Gasteiger partial charge in [0.15, 0.2) is 5.82 Å². The highest BCUT2D eigenvalue weighted by atomic mass is 19.1. The summed E-state index contributed by atoms with van der Waals surface area (Å²) in [4.78, 5) is 16.2. The van der Waals surface area contributed by atoms with Crippen molar-refractivity contribution in [1.82, 2.24) is 19.9 Å². The molecule has 1 aliphatic rings. The van der Waals surface area contributed by atoms with Crippen molar-refractivity contribution in [3.63, 3.8) is 0 Å². The number of nitrogens with zero attached hydrogens (tertiary/aromatic N) is 4. The molecule has 5 nitrogen and oxygen atoms in total. The fourth-order valence-corrected chi connectivity index (χ4v) is 3.88. The van der Waals surface area contributed by atoms with Gasteiger partial charge in [0, 0.05) is 60.8 Å². The first-order valence-corrected chi connectivity index (χ1v) is 10.3. The zero-order valence-corrected chi connectivity index (χ0v) is 17.0. The number of benzene rings is 2. The van der Waals surface area contributed by atoms with Crippen LogP contribution in [0, 0.1) is 5.82 Å². The lowest BCUT2D eigenvalue weighted by Crippen LogP contribution is -2.31. The lowest BCUT2D eigenvalue weighted by molar-refractivity contribution is 0.242. The van der Waals surface area contributed by atoms with E-state index in [1.807, 2.05) is 48.8 Å². The molecule has 0 saturated carbocycles. The van der Waals surface area contributed by atoms with Crippen molar-refractivity contribution in [2.24, 2.45) is 0 Å². The van der Waals surface area contributed by atoms with Gasteiger partial charge < -0.3 is 5.73 Å². The molecular formula is C25H22FN5. The van der Waals surface area contributed by atoms with E-state index in [4.69, 9.17) is 10.7 Å². The molecule has 0 bridgehead atoms. The molecule has 154 valence electrons. The fraction of sp³-hybridized carbons (Fsp3) is 0.160. The number of aromatic nitrogens is 3. The van der Waals surface area contributed by atoms with E-state index in [9.17, 15) is 4.39 Å². The molecule has 2 aromatic carbocycles. The van der Waals surface area contributed by atoms with Gasteiger partial charge in [-0.1, -0.05) is 18.2 Å². The molecule has 0 saturated heterocycles. The number of anilines is 1. The van der Waals surface area contributed by atoms with E-state index in [1.54, 1.807) is 6.07 Å². The number of hydrogen-bond acceptors (Lipinski definition) is 5. The Balaban J connectivity index is 1.27. The van der Waals surface area contributed by atoms with E-state index in [0.29, 0.717) is 0 Å². The SMILES string of the molecule is Nc1ccc(-c2ncc3c(n2)CCN(Cc2ccc(-c4cccc(F)c4)nc2)C3)cc1. The van der Waals surface area contributed by atoms with Crippen LogP contribution >= 0.6 is 0 Å². The maximum absolute atomic E-state index is 13.5. The van der Waals surface area contributed by atoms with Crippen LogP contribution in [0.2, 0.25) is 0 Å². The third-order valence-electron chi connectivity index (χ3n) is 5.53. The number of nitrogen functional groups attached to an aromatic ring is 1. The number of pyridine rings is 1. The van der Waals surface area contributed by atoms with Crippen molar-refractivity contribution in [2.45, 2.75) is 19.5 Å². The molecule has 2 aromatic heterocycles. The first-order chi connectivity index (χ1) is 15.1. The Morgan fingerprint density at radius 3 is 2.58 bits per heavy atom. The van der Waals surface area contributed by atoms with Gasteiger partial charge in [-0.2, -0.15) is 0 Å². The van der Waals surface area contributed by atoms with Crippen molar-refractivity contribution in [3.05, 3.63) is 95.7 Å². The summed E-state index contributed by atoms with van der Waals surface area (Å²) in [6, 6.07) is 18.2. The summed E-state index contributed by atoms with van der Waals surface area (Å²) < 4.78 is 13.5. The van der Waals surface area contributed by atoms with Gasteiger partial charge in [-0.3, -0.25) is 9.88 Å². The van der Waals surface area contributed by atoms with Gasteiger partial charge >= 0.3 is 0 Å². The molecule has 0 atom stereocenters. The van der Waals surface area contributed by atoms with Crippen LogP contribution in [0.1, 0.15) is 16.8 Å². The molecule has 5 rings (SSSR count). The van der Waals surface area contributed by atoms with Crippen LogP contribution in [0.4, 0.5) is 10.1 Å². The van der Waals surface area contributed by atoms with Crippen molar-refractivity contribution in [2.75, 3.05) is 12.3 Å². The highest BCUT2D eigenvalue weighted by Gasteiger charge is 2.19. The standard InChI is InChI=1S/C25H22FN5/c26-21-3-1-2-19(12-21)23-9-4-17(13-28-23)15-31-11-10-24-20(16-31)14-29-25(30-24)18-5-7-22(27)8-6-18/h1-9,12-14H,10-11,15-16,27H2. The number of halogens is 1. The molecular weight excluding hydrogens is 389 g/mol. The second-order valence-electron chi connectivity index (χ2n) is 7.81. The zero-order valence-electron chi connectivity index (χ0n) is 17.0. The molecule has 0 fully saturated rings. The summed E-state index contributed by atoms with van der Waals surface area (Å²) in [6.45, 7) is 2.54. The summed E-state index contributed by atoms with van der Waals surface area (Å²) in [5.41, 5.74) is 12.4. The van der Waals surface area contributed by atoms with Crippen LogP contribution in [-0.4, -0.2) is 26.4 Å². The number of rotatable bonds is 4. The Hall–Kier alpha value is -3.64. The molecule has 2 N–H and O–H groups in total. The largest absolute Gasteiger partial charge is 0.399 e. The van der Waals surface area contributed by atoms with Crippen LogP contribution in [-0.2, 0) is 19.5 Å². The normalized spacial score (nSPS) is 13.7. The third-order valence-corrected chi connectivity index (χ3v) is 5.53. The van der Waals surface area contributed by atoms with Crippen LogP contribution in [0.25, 0.3) is 22.6 Å². The minimum atomic E-state index is -0.253. The molecule has 4 aromatic rings. The Morgan fingerprint density at radius 1 is 0.935 bits per heavy atom. The summed E-state index contributed by atoms with van der Waals surface area (Å²) in [5.74, 6) is 0.487. The van der Waals surface area contributed by atoms with E-state index in [1.165, 1.54) is 12.1 Å². The summed E-state index contributed by atoms with van der Waals surface area (Å²) >= 11 is 0. The minimum Gasteiger partial charge on any atom is -0.399 e. The minimum absolute atomic E-state index is 0.253. The van der Waals surface area contributed by atoms with Gasteiger partial charge in [-0.05, 0) is 48.0 Å². The first-order valence-electron chi connectivity index (χ1n) is 10.3. The molecule has 0 spiro atoms. The quantitative estimate of drug-likeness (QED) is 0.501. The summed E-state index contributed by atoms with van der Waals surface area (Å²) in [5, 5.41) is 0. The van der Waals surface area contributed by atoms with E-state index < -0.39 is 0 Å². The highest BCUT2D eigenvalue weighted by molar-refractivity contribution is 5.59. The summed E-state index contributed by atoms with van der Waals surface area (Å²) in [6.07, 6.45) is 4.69. The number of nitrogens with two attached hydrogens (primary N) is 1. The topological polar surface area (TPSA) is 67.9 Å². The molecule has 0 unspecified atom stereocenters. The molecule has 0 radical (unpaired) electrons. The average Bonchev–Trinajstić information content (AvgIpc) is 2.80. The monoisotopic (exact) mass is 411 g/mol. The van der Waals surface area contributed by atoms with Crippen molar-refractivity contribution >= 4 is 5.69 Å². The third kappa shape index (κ3) is 4.29. The van der Waals surface area contributed by atoms with Gasteiger partial charge in [0.1, 0.15) is 5.82 Å². The first kappa shape index (κ1) is 19.3. The molecule has 3 heterocycles. The van der Waals surface area contributed by atoms with Gasteiger partial charge in [0.25, 0.3) is 0 Å². The van der Waals surface area contributed by atoms with Crippen LogP contribution in [0.5, 0.6) is 0 Å². The van der Waals surface area contributed by atoms with Crippen molar-refractivity contribution in [1.29, 1.82) is 0 Å². The molecule has 0 amide bonds. The van der Waals surface area contributed by atoms with Crippen molar-refractivity contribution < 1.29 is 4.39 Å². The second-order valence-corrected chi connectivity index (χ2v) is 7.81. The van der Waals surface area contributed by atoms with Crippen LogP contribution < -0.4 is 5.73 Å². The maximum atomic E-state index is 13.5. The van der Waals surface area contributed by atoms with E-state index in [2.05, 4.69) is 20.9 Å². The molecule has 1 aliphatic heterocycles. The van der Waals surface area contributed by atoms with E-state index in [-0.39, 0.29) is 5.82 Å². The smallest absolute Gasteiger partial charge is 0.159 e. The molecule has 6 heteroatoms.